The van der Waals surface area contributed by atoms with Gasteiger partial charge in [-0.05, 0) is 49.2 Å². The molecule has 30 heavy (non-hydrogen) atoms. The Bertz CT molecular complexity index is 949. The van der Waals surface area contributed by atoms with E-state index in [0.717, 1.165) is 22.1 Å². The molecule has 1 saturated heterocycles. The molecule has 0 spiro atoms. The average Bonchev–Trinajstić information content (AvgIpc) is 2.76. The second-order valence-corrected chi connectivity index (χ2v) is 7.94. The summed E-state index contributed by atoms with van der Waals surface area (Å²) >= 11 is 0. The van der Waals surface area contributed by atoms with Gasteiger partial charge < -0.3 is 19.9 Å². The fraction of sp³-hybridized carbons (Fsp3) is 0.435. The van der Waals surface area contributed by atoms with Crippen molar-refractivity contribution < 1.29 is 19.1 Å². The zero-order valence-corrected chi connectivity index (χ0v) is 18.0. The van der Waals surface area contributed by atoms with Crippen LogP contribution in [0.4, 0.5) is 0 Å². The van der Waals surface area contributed by atoms with Gasteiger partial charge in [-0.3, -0.25) is 14.4 Å². The molecular weight excluding hydrogens is 382 g/mol. The molecule has 7 heteroatoms. The van der Waals surface area contributed by atoms with Crippen molar-refractivity contribution in [1.29, 1.82) is 0 Å². The van der Waals surface area contributed by atoms with Gasteiger partial charge in [0.2, 0.25) is 5.91 Å². The van der Waals surface area contributed by atoms with Crippen LogP contribution in [0.15, 0.2) is 36.4 Å². The highest BCUT2D eigenvalue weighted by Crippen LogP contribution is 2.26. The Morgan fingerprint density at radius 2 is 1.50 bits per heavy atom. The van der Waals surface area contributed by atoms with E-state index in [1.54, 1.807) is 12.0 Å². The number of nitrogens with one attached hydrogen (secondary N) is 1. The van der Waals surface area contributed by atoms with Gasteiger partial charge in [-0.15, -0.1) is 0 Å². The number of fused-ring (bicyclic) bond motifs is 1. The maximum atomic E-state index is 13.0. The number of rotatable bonds is 4. The molecule has 2 aromatic rings. The van der Waals surface area contributed by atoms with Crippen LogP contribution in [-0.2, 0) is 14.4 Å². The lowest BCUT2D eigenvalue weighted by molar-refractivity contribution is -0.148. The molecule has 0 bridgehead atoms. The van der Waals surface area contributed by atoms with Crippen molar-refractivity contribution in [3.05, 3.63) is 42.0 Å². The molecule has 3 amide bonds. The summed E-state index contributed by atoms with van der Waals surface area (Å²) < 4.78 is 5.26. The summed E-state index contributed by atoms with van der Waals surface area (Å²) in [6.07, 6.45) is 0. The zero-order chi connectivity index (χ0) is 21.8. The third-order valence-corrected chi connectivity index (χ3v) is 5.43. The number of hydrogen-bond acceptors (Lipinski definition) is 4. The lowest BCUT2D eigenvalue weighted by atomic mass is 9.96. The number of nitrogens with zero attached hydrogens (tertiary/aromatic N) is 2. The molecular formula is C23H29N3O4. The summed E-state index contributed by atoms with van der Waals surface area (Å²) in [5.74, 6) is -0.585. The van der Waals surface area contributed by atoms with E-state index in [2.05, 4.69) is 5.32 Å². The van der Waals surface area contributed by atoms with Crippen molar-refractivity contribution in [3.8, 4) is 5.75 Å². The number of hydrogen-bond donors (Lipinski definition) is 1. The Balaban J connectivity index is 1.62. The van der Waals surface area contributed by atoms with Gasteiger partial charge in [-0.2, -0.15) is 0 Å². The van der Waals surface area contributed by atoms with Crippen LogP contribution in [0.25, 0.3) is 10.8 Å². The van der Waals surface area contributed by atoms with E-state index < -0.39 is 11.8 Å². The molecule has 1 atom stereocenters. The first-order valence-corrected chi connectivity index (χ1v) is 10.3. The van der Waals surface area contributed by atoms with Crippen LogP contribution in [0.3, 0.4) is 0 Å². The molecule has 7 nitrogen and oxygen atoms in total. The van der Waals surface area contributed by atoms with Gasteiger partial charge in [-0.1, -0.05) is 24.3 Å². The van der Waals surface area contributed by atoms with Crippen molar-refractivity contribution in [1.82, 2.24) is 15.1 Å². The molecule has 1 N–H and O–H groups in total. The minimum absolute atomic E-state index is 0.0293. The van der Waals surface area contributed by atoms with E-state index in [4.69, 9.17) is 4.74 Å². The van der Waals surface area contributed by atoms with Gasteiger partial charge in [0.15, 0.2) is 0 Å². The molecule has 1 fully saturated rings. The van der Waals surface area contributed by atoms with E-state index in [1.165, 1.54) is 4.90 Å². The molecule has 160 valence electrons. The SMILES string of the molecule is COc1ccc2cc([C@H](C)C(=O)N3CCN(C(=O)C(=O)NC(C)C)CC3)ccc2c1. The van der Waals surface area contributed by atoms with Gasteiger partial charge in [0.25, 0.3) is 0 Å². The normalized spacial score (nSPS) is 15.2. The third-order valence-electron chi connectivity index (χ3n) is 5.43. The van der Waals surface area contributed by atoms with Crippen LogP contribution < -0.4 is 10.1 Å². The number of benzene rings is 2. The Kier molecular flexibility index (Phi) is 6.59. The highest BCUT2D eigenvalue weighted by atomic mass is 16.5. The molecule has 0 aromatic heterocycles. The van der Waals surface area contributed by atoms with E-state index in [1.807, 2.05) is 57.2 Å². The van der Waals surface area contributed by atoms with Crippen molar-refractivity contribution in [3.63, 3.8) is 0 Å². The molecule has 0 saturated carbocycles. The quantitative estimate of drug-likeness (QED) is 0.782. The lowest BCUT2D eigenvalue weighted by Gasteiger charge is -2.35. The number of ether oxygens (including phenoxy) is 1. The van der Waals surface area contributed by atoms with E-state index >= 15 is 0 Å². The Hall–Kier alpha value is -3.09. The summed E-state index contributed by atoms with van der Waals surface area (Å²) in [5, 5.41) is 4.73. The van der Waals surface area contributed by atoms with Crippen LogP contribution in [0.1, 0.15) is 32.3 Å². The smallest absolute Gasteiger partial charge is 0.312 e. The van der Waals surface area contributed by atoms with E-state index in [9.17, 15) is 14.4 Å². The summed E-state index contributed by atoms with van der Waals surface area (Å²) in [4.78, 5) is 40.4. The van der Waals surface area contributed by atoms with Crippen LogP contribution in [0, 0.1) is 0 Å². The molecule has 0 radical (unpaired) electrons. The van der Waals surface area contributed by atoms with Gasteiger partial charge in [-0.25, -0.2) is 0 Å². The van der Waals surface area contributed by atoms with Crippen molar-refractivity contribution in [2.24, 2.45) is 0 Å². The molecule has 1 heterocycles. The summed E-state index contributed by atoms with van der Waals surface area (Å²) in [6.45, 7) is 7.10. The maximum absolute atomic E-state index is 13.0. The minimum atomic E-state index is -0.592. The lowest BCUT2D eigenvalue weighted by Crippen LogP contribution is -2.54. The van der Waals surface area contributed by atoms with Gasteiger partial charge in [0.1, 0.15) is 5.75 Å². The molecule has 0 unspecified atom stereocenters. The monoisotopic (exact) mass is 411 g/mol. The topological polar surface area (TPSA) is 79.0 Å². The summed E-state index contributed by atoms with van der Waals surface area (Å²) in [5.41, 5.74) is 0.951. The van der Waals surface area contributed by atoms with E-state index in [-0.39, 0.29) is 17.9 Å². The van der Waals surface area contributed by atoms with Crippen LogP contribution in [0.5, 0.6) is 5.75 Å². The van der Waals surface area contributed by atoms with Crippen LogP contribution in [0.2, 0.25) is 0 Å². The highest BCUT2D eigenvalue weighted by Gasteiger charge is 2.30. The first-order valence-electron chi connectivity index (χ1n) is 10.3. The van der Waals surface area contributed by atoms with Crippen LogP contribution in [-0.4, -0.2) is 66.9 Å². The largest absolute Gasteiger partial charge is 0.497 e. The van der Waals surface area contributed by atoms with Crippen molar-refractivity contribution in [2.45, 2.75) is 32.7 Å². The second-order valence-electron chi connectivity index (χ2n) is 7.94. The second kappa shape index (κ2) is 9.15. The molecule has 1 aliphatic rings. The zero-order valence-electron chi connectivity index (χ0n) is 18.0. The standard InChI is InChI=1S/C23H29N3O4/c1-15(2)24-21(27)23(29)26-11-9-25(10-12-26)22(28)16(3)17-5-6-19-14-20(30-4)8-7-18(19)13-17/h5-8,13-16H,9-12H2,1-4H3,(H,24,27)/t16-/m0/s1. The third kappa shape index (κ3) is 4.72. The minimum Gasteiger partial charge on any atom is -0.497 e. The summed E-state index contributed by atoms with van der Waals surface area (Å²) in [6, 6.07) is 11.8. The number of carbonyl (C=O) groups excluding carboxylic acids is 3. The summed E-state index contributed by atoms with van der Waals surface area (Å²) in [7, 11) is 1.64. The average molecular weight is 412 g/mol. The van der Waals surface area contributed by atoms with Crippen molar-refractivity contribution in [2.75, 3.05) is 33.3 Å². The van der Waals surface area contributed by atoms with Crippen molar-refractivity contribution >= 4 is 28.5 Å². The van der Waals surface area contributed by atoms with Crippen LogP contribution >= 0.6 is 0 Å². The molecule has 1 aliphatic heterocycles. The first-order chi connectivity index (χ1) is 14.3. The predicted octanol–water partition coefficient (Wildman–Crippen LogP) is 2.15. The Morgan fingerprint density at radius 1 is 0.900 bits per heavy atom. The number of amides is 3. The first kappa shape index (κ1) is 21.6. The highest BCUT2D eigenvalue weighted by molar-refractivity contribution is 6.35. The Morgan fingerprint density at radius 3 is 2.13 bits per heavy atom. The maximum Gasteiger partial charge on any atom is 0.312 e. The van der Waals surface area contributed by atoms with Gasteiger partial charge in [0, 0.05) is 32.2 Å². The molecule has 2 aromatic carbocycles. The van der Waals surface area contributed by atoms with Gasteiger partial charge >= 0.3 is 11.8 Å². The molecule has 3 rings (SSSR count). The fourth-order valence-corrected chi connectivity index (χ4v) is 3.65. The molecule has 0 aliphatic carbocycles. The number of piperazine rings is 1. The fourth-order valence-electron chi connectivity index (χ4n) is 3.65. The predicted molar refractivity (Wildman–Crippen MR) is 115 cm³/mol. The Labute approximate surface area is 177 Å². The van der Waals surface area contributed by atoms with E-state index in [0.29, 0.717) is 26.2 Å². The number of methoxy groups -OCH3 is 1. The number of carbonyl (C=O) groups is 3. The van der Waals surface area contributed by atoms with Gasteiger partial charge in [0.05, 0.1) is 13.0 Å².